The summed E-state index contributed by atoms with van der Waals surface area (Å²) in [5.41, 5.74) is -4.54. The van der Waals surface area contributed by atoms with Crippen LogP contribution in [0.3, 0.4) is 0 Å². The number of ether oxygens (including phenoxy) is 1. The van der Waals surface area contributed by atoms with E-state index in [0.717, 1.165) is 0 Å². The van der Waals surface area contributed by atoms with Gasteiger partial charge in [-0.3, -0.25) is 4.79 Å². The SMILES string of the molecule is CCOc1ccc(C(=O)SC(F)(F)F)cc1. The molecule has 0 spiro atoms. The Morgan fingerprint density at radius 1 is 1.31 bits per heavy atom. The van der Waals surface area contributed by atoms with Crippen LogP contribution in [0.25, 0.3) is 0 Å². The van der Waals surface area contributed by atoms with E-state index in [1.165, 1.54) is 24.3 Å². The van der Waals surface area contributed by atoms with Gasteiger partial charge in [-0.1, -0.05) is 0 Å². The zero-order valence-electron chi connectivity index (χ0n) is 8.38. The zero-order valence-corrected chi connectivity index (χ0v) is 9.19. The highest BCUT2D eigenvalue weighted by atomic mass is 32.2. The number of rotatable bonds is 3. The van der Waals surface area contributed by atoms with Gasteiger partial charge in [0, 0.05) is 17.3 Å². The minimum atomic E-state index is -4.55. The van der Waals surface area contributed by atoms with E-state index in [9.17, 15) is 18.0 Å². The first-order valence-corrected chi connectivity index (χ1v) is 5.27. The normalized spacial score (nSPS) is 11.2. The molecule has 0 bridgehead atoms. The van der Waals surface area contributed by atoms with Gasteiger partial charge in [0.15, 0.2) is 0 Å². The summed E-state index contributed by atoms with van der Waals surface area (Å²) in [6.07, 6.45) is 0. The fourth-order valence-electron chi connectivity index (χ4n) is 1.02. The van der Waals surface area contributed by atoms with Crippen LogP contribution in [0.2, 0.25) is 0 Å². The third-order valence-corrected chi connectivity index (χ3v) is 2.26. The highest BCUT2D eigenvalue weighted by molar-refractivity contribution is 8.14. The molecule has 0 fully saturated rings. The van der Waals surface area contributed by atoms with Gasteiger partial charge in [-0.2, -0.15) is 13.2 Å². The van der Waals surface area contributed by atoms with Crippen molar-refractivity contribution < 1.29 is 22.7 Å². The number of hydrogen-bond acceptors (Lipinski definition) is 3. The van der Waals surface area contributed by atoms with Crippen molar-refractivity contribution in [1.82, 2.24) is 0 Å². The Kier molecular flexibility index (Phi) is 4.23. The molecule has 88 valence electrons. The highest BCUT2D eigenvalue weighted by Gasteiger charge is 2.33. The molecule has 0 aliphatic carbocycles. The van der Waals surface area contributed by atoms with E-state index >= 15 is 0 Å². The van der Waals surface area contributed by atoms with Crippen LogP contribution >= 0.6 is 11.8 Å². The Labute approximate surface area is 94.8 Å². The minimum Gasteiger partial charge on any atom is -0.494 e. The fourth-order valence-corrected chi connectivity index (χ4v) is 1.48. The molecule has 0 unspecified atom stereocenters. The Balaban J connectivity index is 2.70. The summed E-state index contributed by atoms with van der Waals surface area (Å²) in [5.74, 6) is 0.524. The first-order valence-electron chi connectivity index (χ1n) is 4.45. The topological polar surface area (TPSA) is 26.3 Å². The van der Waals surface area contributed by atoms with Gasteiger partial charge >= 0.3 is 5.51 Å². The Bertz CT molecular complexity index is 359. The van der Waals surface area contributed by atoms with Crippen molar-refractivity contribution in [3.8, 4) is 5.75 Å². The maximum atomic E-state index is 11.9. The quantitative estimate of drug-likeness (QED) is 0.821. The fraction of sp³-hybridized carbons (Fsp3) is 0.300. The van der Waals surface area contributed by atoms with Gasteiger partial charge in [0.1, 0.15) is 5.75 Å². The van der Waals surface area contributed by atoms with E-state index in [1.54, 1.807) is 6.92 Å². The zero-order chi connectivity index (χ0) is 12.2. The molecule has 0 radical (unpaired) electrons. The largest absolute Gasteiger partial charge is 0.494 e. The molecule has 0 saturated heterocycles. The lowest BCUT2D eigenvalue weighted by atomic mass is 10.2. The van der Waals surface area contributed by atoms with Gasteiger partial charge in [-0.25, -0.2) is 0 Å². The first-order chi connectivity index (χ1) is 7.42. The average Bonchev–Trinajstić information content (AvgIpc) is 2.16. The summed E-state index contributed by atoms with van der Waals surface area (Å²) in [5, 5.41) is -1.02. The summed E-state index contributed by atoms with van der Waals surface area (Å²) >= 11 is -0.651. The summed E-state index contributed by atoms with van der Waals surface area (Å²) in [7, 11) is 0. The van der Waals surface area contributed by atoms with Crippen molar-refractivity contribution in [1.29, 1.82) is 0 Å². The second kappa shape index (κ2) is 5.25. The molecule has 0 saturated carbocycles. The Hall–Kier alpha value is -1.17. The maximum absolute atomic E-state index is 11.9. The second-order valence-electron chi connectivity index (χ2n) is 2.79. The van der Waals surface area contributed by atoms with E-state index in [4.69, 9.17) is 4.74 Å². The molecule has 6 heteroatoms. The van der Waals surface area contributed by atoms with Crippen LogP contribution in [-0.2, 0) is 0 Å². The lowest BCUT2D eigenvalue weighted by Crippen LogP contribution is -2.06. The van der Waals surface area contributed by atoms with Gasteiger partial charge in [0.25, 0.3) is 0 Å². The van der Waals surface area contributed by atoms with Crippen LogP contribution in [-0.4, -0.2) is 17.2 Å². The number of benzene rings is 1. The Morgan fingerprint density at radius 3 is 2.31 bits per heavy atom. The van der Waals surface area contributed by atoms with Gasteiger partial charge in [0.05, 0.1) is 6.61 Å². The van der Waals surface area contributed by atoms with Gasteiger partial charge in [-0.15, -0.1) is 0 Å². The number of alkyl halides is 3. The third-order valence-electron chi connectivity index (χ3n) is 1.61. The molecule has 0 aliphatic rings. The molecule has 16 heavy (non-hydrogen) atoms. The van der Waals surface area contributed by atoms with Gasteiger partial charge in [-0.05, 0) is 31.2 Å². The lowest BCUT2D eigenvalue weighted by Gasteiger charge is -2.05. The molecule has 0 aliphatic heterocycles. The highest BCUT2D eigenvalue weighted by Crippen LogP contribution is 2.33. The minimum absolute atomic E-state index is 0.00535. The van der Waals surface area contributed by atoms with Gasteiger partial charge in [0.2, 0.25) is 5.12 Å². The third kappa shape index (κ3) is 4.14. The van der Waals surface area contributed by atoms with Crippen LogP contribution in [0, 0.1) is 0 Å². The molecular formula is C10H9F3O2S. The maximum Gasteiger partial charge on any atom is 0.449 e. The lowest BCUT2D eigenvalue weighted by molar-refractivity contribution is -0.0322. The van der Waals surface area contributed by atoms with Crippen LogP contribution in [0.15, 0.2) is 24.3 Å². The van der Waals surface area contributed by atoms with Gasteiger partial charge < -0.3 is 4.74 Å². The Morgan fingerprint density at radius 2 is 1.88 bits per heavy atom. The standard InChI is InChI=1S/C10H9F3O2S/c1-2-15-8-5-3-7(4-6-8)9(14)16-10(11,12)13/h3-6H,2H2,1H3. The van der Waals surface area contributed by atoms with Crippen LogP contribution in [0.4, 0.5) is 13.2 Å². The molecule has 1 rings (SSSR count). The van der Waals surface area contributed by atoms with Crippen molar-refractivity contribution in [2.24, 2.45) is 0 Å². The van der Waals surface area contributed by atoms with E-state index in [-0.39, 0.29) is 5.56 Å². The summed E-state index contributed by atoms with van der Waals surface area (Å²) in [4.78, 5) is 11.1. The number of carbonyl (C=O) groups is 1. The van der Waals surface area contributed by atoms with Crippen LogP contribution in [0.1, 0.15) is 17.3 Å². The molecule has 2 nitrogen and oxygen atoms in total. The molecule has 0 amide bonds. The predicted octanol–water partition coefficient (Wildman–Crippen LogP) is 3.48. The van der Waals surface area contributed by atoms with Crippen LogP contribution < -0.4 is 4.74 Å². The molecule has 0 atom stereocenters. The summed E-state index contributed by atoms with van der Waals surface area (Å²) < 4.78 is 40.8. The van der Waals surface area contributed by atoms with Crippen molar-refractivity contribution in [3.05, 3.63) is 29.8 Å². The molecule has 1 aromatic carbocycles. The number of carbonyl (C=O) groups excluding carboxylic acids is 1. The summed E-state index contributed by atoms with van der Waals surface area (Å²) in [6.45, 7) is 2.25. The molecule has 0 heterocycles. The van der Waals surface area contributed by atoms with E-state index in [2.05, 4.69) is 0 Å². The number of thioether (sulfide) groups is 1. The average molecular weight is 250 g/mol. The number of halogens is 3. The second-order valence-corrected chi connectivity index (χ2v) is 3.83. The van der Waals surface area contributed by atoms with E-state index < -0.39 is 22.4 Å². The van der Waals surface area contributed by atoms with Crippen molar-refractivity contribution in [3.63, 3.8) is 0 Å². The van der Waals surface area contributed by atoms with E-state index in [0.29, 0.717) is 12.4 Å². The van der Waals surface area contributed by atoms with Crippen LogP contribution in [0.5, 0.6) is 5.75 Å². The molecule has 1 aromatic rings. The van der Waals surface area contributed by atoms with Crippen molar-refractivity contribution >= 4 is 16.9 Å². The number of hydrogen-bond donors (Lipinski definition) is 0. The molecule has 0 N–H and O–H groups in total. The van der Waals surface area contributed by atoms with Crippen molar-refractivity contribution in [2.45, 2.75) is 12.4 Å². The summed E-state index contributed by atoms with van der Waals surface area (Å²) in [6, 6.07) is 5.56. The monoisotopic (exact) mass is 250 g/mol. The molecule has 0 aromatic heterocycles. The smallest absolute Gasteiger partial charge is 0.449 e. The first kappa shape index (κ1) is 12.9. The van der Waals surface area contributed by atoms with Crippen molar-refractivity contribution in [2.75, 3.05) is 6.61 Å². The molecular weight excluding hydrogens is 241 g/mol. The predicted molar refractivity (Wildman–Crippen MR) is 55.6 cm³/mol. The van der Waals surface area contributed by atoms with E-state index in [1.807, 2.05) is 0 Å².